The van der Waals surface area contributed by atoms with Crippen LogP contribution < -0.4 is 0 Å². The molecule has 0 bridgehead atoms. The first-order valence-electron chi connectivity index (χ1n) is 2.77. The van der Waals surface area contributed by atoms with Crippen molar-refractivity contribution < 1.29 is 4.79 Å². The molecule has 1 aliphatic rings. The molecule has 1 heteroatoms. The summed E-state index contributed by atoms with van der Waals surface area (Å²) < 4.78 is 0. The minimum absolute atomic E-state index is 0.595. The fourth-order valence-electron chi connectivity index (χ4n) is 0.709. The van der Waals surface area contributed by atoms with Gasteiger partial charge in [-0.05, 0) is 12.0 Å². The number of rotatable bonds is 1. The third kappa shape index (κ3) is 1.17. The van der Waals surface area contributed by atoms with E-state index in [0.717, 1.165) is 12.0 Å². The van der Waals surface area contributed by atoms with Crippen molar-refractivity contribution in [2.75, 3.05) is 0 Å². The lowest BCUT2D eigenvalue weighted by Crippen LogP contribution is -1.91. The van der Waals surface area contributed by atoms with Gasteiger partial charge < -0.3 is 0 Å². The second-order valence-corrected chi connectivity index (χ2v) is 1.92. The molecule has 0 unspecified atom stereocenters. The quantitative estimate of drug-likeness (QED) is 0.511. The highest BCUT2D eigenvalue weighted by atomic mass is 16.1. The number of hydrogen-bond donors (Lipinski definition) is 0. The van der Waals surface area contributed by atoms with Gasteiger partial charge in [-0.25, -0.2) is 0 Å². The van der Waals surface area contributed by atoms with Crippen molar-refractivity contribution in [1.82, 2.24) is 0 Å². The zero-order valence-corrected chi connectivity index (χ0v) is 5.05. The number of hydrogen-bond acceptors (Lipinski definition) is 1. The van der Waals surface area contributed by atoms with Gasteiger partial charge in [0.05, 0.1) is 0 Å². The number of carbonyl (C=O) groups excluding carboxylic acids is 1. The van der Waals surface area contributed by atoms with Gasteiger partial charge in [0.2, 0.25) is 6.29 Å². The molecule has 0 aromatic heterocycles. The summed E-state index contributed by atoms with van der Waals surface area (Å²) in [4.78, 5) is 10.1. The van der Waals surface area contributed by atoms with Crippen LogP contribution in [0.4, 0.5) is 0 Å². The summed E-state index contributed by atoms with van der Waals surface area (Å²) in [5.41, 5.74) is 1.45. The van der Waals surface area contributed by atoms with Crippen LogP contribution in [0.2, 0.25) is 0 Å². The van der Waals surface area contributed by atoms with E-state index in [0.29, 0.717) is 5.57 Å². The van der Waals surface area contributed by atoms with Gasteiger partial charge in [-0.15, -0.1) is 0 Å². The van der Waals surface area contributed by atoms with Gasteiger partial charge in [-0.3, -0.25) is 4.79 Å². The van der Waals surface area contributed by atoms with Crippen LogP contribution in [0, 0.1) is 0 Å². The fourth-order valence-corrected chi connectivity index (χ4v) is 0.709. The average Bonchev–Trinajstić information content (AvgIpc) is 1.89. The first kappa shape index (κ1) is 6.02. The van der Waals surface area contributed by atoms with Crippen LogP contribution in [0.5, 0.6) is 0 Å². The molecule has 0 saturated heterocycles. The standard InChI is InChI=1S/C8H7O/c1-7-4-2-3-5-8(7)6-9/h2-3,5H,1,4H2. The molecule has 0 aromatic carbocycles. The van der Waals surface area contributed by atoms with Crippen LogP contribution in [0.3, 0.4) is 0 Å². The molecular formula is C8H7O. The van der Waals surface area contributed by atoms with Gasteiger partial charge in [0, 0.05) is 5.57 Å². The van der Waals surface area contributed by atoms with E-state index in [2.05, 4.69) is 6.58 Å². The highest BCUT2D eigenvalue weighted by molar-refractivity contribution is 5.81. The Balaban J connectivity index is 2.86. The van der Waals surface area contributed by atoms with E-state index in [9.17, 15) is 4.79 Å². The molecule has 9 heavy (non-hydrogen) atoms. The van der Waals surface area contributed by atoms with Crippen LogP contribution in [0.1, 0.15) is 6.42 Å². The molecule has 0 heterocycles. The van der Waals surface area contributed by atoms with Crippen molar-refractivity contribution in [3.05, 3.63) is 36.0 Å². The third-order valence-corrected chi connectivity index (χ3v) is 1.25. The second kappa shape index (κ2) is 2.44. The molecule has 1 rings (SSSR count). The summed E-state index contributed by atoms with van der Waals surface area (Å²) >= 11 is 0. The van der Waals surface area contributed by atoms with Crippen molar-refractivity contribution in [3.8, 4) is 0 Å². The molecule has 0 aliphatic heterocycles. The van der Waals surface area contributed by atoms with E-state index in [1.165, 1.54) is 0 Å². The molecule has 0 fully saturated rings. The Bertz CT molecular complexity index is 197. The van der Waals surface area contributed by atoms with Gasteiger partial charge in [0.1, 0.15) is 0 Å². The highest BCUT2D eigenvalue weighted by Gasteiger charge is 2.01. The molecule has 1 aliphatic carbocycles. The van der Waals surface area contributed by atoms with Gasteiger partial charge in [-0.1, -0.05) is 24.8 Å². The normalized spacial score (nSPS) is 17.3. The molecule has 0 amide bonds. The monoisotopic (exact) mass is 119 g/mol. The van der Waals surface area contributed by atoms with E-state index in [4.69, 9.17) is 0 Å². The number of allylic oxidation sites excluding steroid dienone is 5. The molecule has 0 aromatic rings. The van der Waals surface area contributed by atoms with Gasteiger partial charge >= 0.3 is 0 Å². The Labute approximate surface area is 54.4 Å². The predicted molar refractivity (Wildman–Crippen MR) is 36.7 cm³/mol. The summed E-state index contributed by atoms with van der Waals surface area (Å²) in [5, 5.41) is 0. The SMILES string of the molecule is C=C1CC=CC=C1[C]=O. The summed E-state index contributed by atoms with van der Waals surface area (Å²) in [6, 6.07) is 0. The lowest BCUT2D eigenvalue weighted by molar-refractivity contribution is 0.562. The minimum Gasteiger partial charge on any atom is -0.285 e. The van der Waals surface area contributed by atoms with Crippen LogP contribution >= 0.6 is 0 Å². The van der Waals surface area contributed by atoms with Crippen molar-refractivity contribution in [1.29, 1.82) is 0 Å². The molecule has 0 spiro atoms. The zero-order valence-electron chi connectivity index (χ0n) is 5.05. The Morgan fingerprint density at radius 3 is 2.89 bits per heavy atom. The van der Waals surface area contributed by atoms with E-state index in [1.807, 2.05) is 18.4 Å². The fraction of sp³-hybridized carbons (Fsp3) is 0.125. The molecular weight excluding hydrogens is 112 g/mol. The molecule has 1 nitrogen and oxygen atoms in total. The van der Waals surface area contributed by atoms with Gasteiger partial charge in [0.25, 0.3) is 0 Å². The lowest BCUT2D eigenvalue weighted by atomic mass is 10.0. The predicted octanol–water partition coefficient (Wildman–Crippen LogP) is 1.54. The summed E-state index contributed by atoms with van der Waals surface area (Å²) in [6.07, 6.45) is 8.12. The maximum Gasteiger partial charge on any atom is 0.233 e. The van der Waals surface area contributed by atoms with Crippen molar-refractivity contribution in [3.63, 3.8) is 0 Å². The molecule has 0 saturated carbocycles. The maximum atomic E-state index is 10.1. The second-order valence-electron chi connectivity index (χ2n) is 1.92. The van der Waals surface area contributed by atoms with Crippen LogP contribution in [-0.2, 0) is 4.79 Å². The molecule has 0 N–H and O–H groups in total. The van der Waals surface area contributed by atoms with Crippen molar-refractivity contribution in [2.24, 2.45) is 0 Å². The summed E-state index contributed by atoms with van der Waals surface area (Å²) in [6.45, 7) is 3.68. The highest BCUT2D eigenvalue weighted by Crippen LogP contribution is 2.14. The average molecular weight is 119 g/mol. The molecule has 1 radical (unpaired) electrons. The van der Waals surface area contributed by atoms with Gasteiger partial charge in [0.15, 0.2) is 0 Å². The topological polar surface area (TPSA) is 17.1 Å². The van der Waals surface area contributed by atoms with E-state index < -0.39 is 0 Å². The zero-order chi connectivity index (χ0) is 6.69. The van der Waals surface area contributed by atoms with E-state index in [1.54, 1.807) is 6.08 Å². The minimum atomic E-state index is 0.595. The first-order chi connectivity index (χ1) is 4.34. The first-order valence-corrected chi connectivity index (χ1v) is 2.77. The Morgan fingerprint density at radius 1 is 1.67 bits per heavy atom. The Kier molecular flexibility index (Phi) is 1.63. The summed E-state index contributed by atoms with van der Waals surface area (Å²) in [5.74, 6) is 0. The van der Waals surface area contributed by atoms with Crippen LogP contribution in [0.15, 0.2) is 36.0 Å². The van der Waals surface area contributed by atoms with Crippen molar-refractivity contribution >= 4 is 6.29 Å². The maximum absolute atomic E-state index is 10.1. The third-order valence-electron chi connectivity index (χ3n) is 1.25. The smallest absolute Gasteiger partial charge is 0.233 e. The largest absolute Gasteiger partial charge is 0.285 e. The Morgan fingerprint density at radius 2 is 2.44 bits per heavy atom. The lowest BCUT2D eigenvalue weighted by Gasteiger charge is -2.02. The van der Waals surface area contributed by atoms with E-state index in [-0.39, 0.29) is 0 Å². The van der Waals surface area contributed by atoms with E-state index >= 15 is 0 Å². The van der Waals surface area contributed by atoms with Crippen LogP contribution in [0.25, 0.3) is 0 Å². The Hall–Kier alpha value is -1.11. The molecule has 45 valence electrons. The van der Waals surface area contributed by atoms with Crippen LogP contribution in [-0.4, -0.2) is 6.29 Å². The van der Waals surface area contributed by atoms with Crippen molar-refractivity contribution in [2.45, 2.75) is 6.42 Å². The summed E-state index contributed by atoms with van der Waals surface area (Å²) in [7, 11) is 0. The van der Waals surface area contributed by atoms with Gasteiger partial charge in [-0.2, -0.15) is 0 Å². The molecule has 0 atom stereocenters.